The minimum atomic E-state index is 0.0997. The largest absolute Gasteiger partial charge is 0.297 e. The van der Waals surface area contributed by atoms with Gasteiger partial charge in [-0.3, -0.25) is 9.36 Å². The zero-order valence-electron chi connectivity index (χ0n) is 19.5. The lowest BCUT2D eigenvalue weighted by atomic mass is 9.96. The van der Waals surface area contributed by atoms with Crippen LogP contribution in [0.25, 0.3) is 22.5 Å². The highest BCUT2D eigenvalue weighted by Crippen LogP contribution is 2.30. The highest BCUT2D eigenvalue weighted by Gasteiger charge is 2.16. The van der Waals surface area contributed by atoms with E-state index in [4.69, 9.17) is 4.98 Å². The second-order valence-electron chi connectivity index (χ2n) is 8.13. The molecular weight excluding hydrogens is 412 g/mol. The number of nitrogens with zero attached hydrogens (tertiary/aromatic N) is 5. The van der Waals surface area contributed by atoms with Gasteiger partial charge in [-0.1, -0.05) is 68.8 Å². The molecule has 0 saturated heterocycles. The fourth-order valence-corrected chi connectivity index (χ4v) is 4.23. The Kier molecular flexibility index (Phi) is 7.07. The van der Waals surface area contributed by atoms with Crippen LogP contribution in [0.15, 0.2) is 53.3 Å². The van der Waals surface area contributed by atoms with Crippen molar-refractivity contribution in [3.63, 3.8) is 0 Å². The van der Waals surface area contributed by atoms with Gasteiger partial charge in [0, 0.05) is 30.5 Å². The topological polar surface area (TPSA) is 89.3 Å². The Balaban J connectivity index is 1.68. The highest BCUT2D eigenvalue weighted by molar-refractivity contribution is 5.80. The standard InChI is InChI=1S/C26H30N6O/c1-4-7-12-23-22(26(33)32(6-3)24(5-2)27-23)17-18-13-15-19(16-14-18)20-10-8-9-11-21(20)25-28-30-31-29-25/h8-11,13-16H,4-7,12,17H2,1-3H3,(H,28,29,30,31). The molecule has 7 heteroatoms. The van der Waals surface area contributed by atoms with Crippen molar-refractivity contribution in [2.75, 3.05) is 0 Å². The first-order valence-electron chi connectivity index (χ1n) is 11.7. The Hall–Kier alpha value is -3.61. The van der Waals surface area contributed by atoms with Crippen LogP contribution in [0.5, 0.6) is 0 Å². The molecule has 4 rings (SSSR count). The van der Waals surface area contributed by atoms with Crippen LogP contribution in [-0.4, -0.2) is 30.2 Å². The van der Waals surface area contributed by atoms with Gasteiger partial charge < -0.3 is 0 Å². The monoisotopic (exact) mass is 442 g/mol. The van der Waals surface area contributed by atoms with E-state index in [-0.39, 0.29) is 5.56 Å². The average molecular weight is 443 g/mol. The molecule has 2 aromatic heterocycles. The molecule has 170 valence electrons. The van der Waals surface area contributed by atoms with Crippen LogP contribution < -0.4 is 5.56 Å². The summed E-state index contributed by atoms with van der Waals surface area (Å²) in [7, 11) is 0. The van der Waals surface area contributed by atoms with Crippen molar-refractivity contribution in [2.45, 2.75) is 59.4 Å². The Morgan fingerprint density at radius 2 is 1.73 bits per heavy atom. The Labute approximate surface area is 193 Å². The third-order valence-electron chi connectivity index (χ3n) is 6.00. The highest BCUT2D eigenvalue weighted by atomic mass is 16.1. The van der Waals surface area contributed by atoms with E-state index in [1.165, 1.54) is 0 Å². The van der Waals surface area contributed by atoms with Crippen LogP contribution in [0.1, 0.15) is 56.3 Å². The van der Waals surface area contributed by atoms with E-state index >= 15 is 0 Å². The average Bonchev–Trinajstić information content (AvgIpc) is 3.39. The smallest absolute Gasteiger partial charge is 0.257 e. The molecule has 0 aliphatic heterocycles. The van der Waals surface area contributed by atoms with Crippen LogP contribution in [0.4, 0.5) is 0 Å². The van der Waals surface area contributed by atoms with Gasteiger partial charge in [-0.15, -0.1) is 5.10 Å². The fraction of sp³-hybridized carbons (Fsp3) is 0.346. The van der Waals surface area contributed by atoms with Crippen molar-refractivity contribution >= 4 is 0 Å². The van der Waals surface area contributed by atoms with Gasteiger partial charge in [0.05, 0.1) is 5.69 Å². The lowest BCUT2D eigenvalue weighted by Crippen LogP contribution is -2.30. The molecular formula is C26H30N6O. The van der Waals surface area contributed by atoms with Gasteiger partial charge in [0.15, 0.2) is 5.82 Å². The maximum absolute atomic E-state index is 13.3. The molecule has 0 saturated carbocycles. The van der Waals surface area contributed by atoms with Gasteiger partial charge in [-0.05, 0) is 46.9 Å². The number of H-pyrrole nitrogens is 1. The molecule has 0 spiro atoms. The predicted molar refractivity (Wildman–Crippen MR) is 130 cm³/mol. The first-order valence-corrected chi connectivity index (χ1v) is 11.7. The molecule has 4 aromatic rings. The molecule has 0 radical (unpaired) electrons. The molecule has 0 fully saturated rings. The summed E-state index contributed by atoms with van der Waals surface area (Å²) in [6.07, 6.45) is 4.30. The maximum Gasteiger partial charge on any atom is 0.257 e. The minimum absolute atomic E-state index is 0.0997. The van der Waals surface area contributed by atoms with Crippen LogP contribution in [0.3, 0.4) is 0 Å². The van der Waals surface area contributed by atoms with Crippen molar-refractivity contribution in [3.8, 4) is 22.5 Å². The number of aromatic amines is 1. The van der Waals surface area contributed by atoms with E-state index in [1.807, 2.05) is 29.7 Å². The Morgan fingerprint density at radius 3 is 2.36 bits per heavy atom. The SMILES string of the molecule is CCCCc1nc(CC)n(CC)c(=O)c1Cc1ccc(-c2ccccc2-c2nnn[nH]2)cc1. The van der Waals surface area contributed by atoms with E-state index < -0.39 is 0 Å². The summed E-state index contributed by atoms with van der Waals surface area (Å²) in [5.41, 5.74) is 6.04. The van der Waals surface area contributed by atoms with Gasteiger partial charge in [0.1, 0.15) is 5.82 Å². The minimum Gasteiger partial charge on any atom is -0.297 e. The second kappa shape index (κ2) is 10.3. The predicted octanol–water partition coefficient (Wildman–Crippen LogP) is 4.61. The van der Waals surface area contributed by atoms with Gasteiger partial charge in [-0.25, -0.2) is 10.1 Å². The molecule has 0 aliphatic rings. The Morgan fingerprint density at radius 1 is 0.970 bits per heavy atom. The molecule has 0 atom stereocenters. The number of tetrazole rings is 1. The van der Waals surface area contributed by atoms with Gasteiger partial charge in [-0.2, -0.15) is 0 Å². The van der Waals surface area contributed by atoms with Crippen LogP contribution in [-0.2, 0) is 25.8 Å². The molecule has 0 amide bonds. The van der Waals surface area contributed by atoms with Crippen molar-refractivity contribution in [1.29, 1.82) is 0 Å². The van der Waals surface area contributed by atoms with Gasteiger partial charge >= 0.3 is 0 Å². The van der Waals surface area contributed by atoms with Crippen LogP contribution >= 0.6 is 0 Å². The molecule has 33 heavy (non-hydrogen) atoms. The molecule has 0 bridgehead atoms. The van der Waals surface area contributed by atoms with Gasteiger partial charge in [0.25, 0.3) is 5.56 Å². The summed E-state index contributed by atoms with van der Waals surface area (Å²) >= 11 is 0. The van der Waals surface area contributed by atoms with E-state index in [9.17, 15) is 4.79 Å². The van der Waals surface area contributed by atoms with Crippen molar-refractivity contribution in [3.05, 3.63) is 81.5 Å². The number of nitrogens with one attached hydrogen (secondary N) is 1. The number of benzene rings is 2. The summed E-state index contributed by atoms with van der Waals surface area (Å²) in [4.78, 5) is 18.2. The van der Waals surface area contributed by atoms with E-state index in [0.717, 1.165) is 65.0 Å². The van der Waals surface area contributed by atoms with Crippen molar-refractivity contribution in [2.24, 2.45) is 0 Å². The van der Waals surface area contributed by atoms with E-state index in [0.29, 0.717) is 18.8 Å². The molecule has 2 aromatic carbocycles. The zero-order chi connectivity index (χ0) is 23.2. The molecule has 2 heterocycles. The Bertz CT molecular complexity index is 1260. The number of rotatable bonds is 9. The summed E-state index contributed by atoms with van der Waals surface area (Å²) < 4.78 is 1.82. The first kappa shape index (κ1) is 22.6. The summed E-state index contributed by atoms with van der Waals surface area (Å²) in [5.74, 6) is 1.52. The van der Waals surface area contributed by atoms with Crippen LogP contribution in [0.2, 0.25) is 0 Å². The van der Waals surface area contributed by atoms with Gasteiger partial charge in [0.2, 0.25) is 0 Å². The fourth-order valence-electron chi connectivity index (χ4n) is 4.23. The quantitative estimate of drug-likeness (QED) is 0.409. The number of unbranched alkanes of at least 4 members (excludes halogenated alkanes) is 1. The first-order chi connectivity index (χ1) is 16.2. The number of hydrogen-bond acceptors (Lipinski definition) is 5. The van der Waals surface area contributed by atoms with Crippen molar-refractivity contribution in [1.82, 2.24) is 30.2 Å². The van der Waals surface area contributed by atoms with E-state index in [1.54, 1.807) is 0 Å². The summed E-state index contributed by atoms with van der Waals surface area (Å²) in [5, 5.41) is 14.3. The summed E-state index contributed by atoms with van der Waals surface area (Å²) in [6, 6.07) is 16.4. The number of aromatic nitrogens is 6. The third-order valence-corrected chi connectivity index (χ3v) is 6.00. The lowest BCUT2D eigenvalue weighted by Gasteiger charge is -2.16. The van der Waals surface area contributed by atoms with Crippen LogP contribution in [0, 0.1) is 0 Å². The maximum atomic E-state index is 13.3. The molecule has 7 nitrogen and oxygen atoms in total. The van der Waals surface area contributed by atoms with E-state index in [2.05, 4.69) is 64.8 Å². The molecule has 1 N–H and O–H groups in total. The third kappa shape index (κ3) is 4.77. The van der Waals surface area contributed by atoms with Crippen molar-refractivity contribution < 1.29 is 0 Å². The number of aryl methyl sites for hydroxylation is 2. The lowest BCUT2D eigenvalue weighted by molar-refractivity contribution is 0.625. The molecule has 0 aliphatic carbocycles. The molecule has 0 unspecified atom stereocenters. The number of hydrogen-bond donors (Lipinski definition) is 1. The normalized spacial score (nSPS) is 11.1. The second-order valence-corrected chi connectivity index (χ2v) is 8.13. The zero-order valence-corrected chi connectivity index (χ0v) is 19.5. The summed E-state index contributed by atoms with van der Waals surface area (Å²) in [6.45, 7) is 6.87.